The Morgan fingerprint density at radius 3 is 2.65 bits per heavy atom. The molecule has 0 saturated carbocycles. The largest absolute Gasteiger partial charge is 0.379 e. The number of carbonyl (C=O) groups excluding carboxylic acids is 1. The van der Waals surface area contributed by atoms with Gasteiger partial charge in [-0.2, -0.15) is 4.31 Å². The van der Waals surface area contributed by atoms with Gasteiger partial charge in [0.25, 0.3) is 0 Å². The van der Waals surface area contributed by atoms with Crippen molar-refractivity contribution in [3.8, 4) is 0 Å². The second-order valence-electron chi connectivity index (χ2n) is 6.33. The molecule has 2 fully saturated rings. The number of amides is 1. The summed E-state index contributed by atoms with van der Waals surface area (Å²) in [6.07, 6.45) is 1.93. The van der Waals surface area contributed by atoms with Gasteiger partial charge in [-0.05, 0) is 26.2 Å². The van der Waals surface area contributed by atoms with Crippen molar-refractivity contribution in [1.82, 2.24) is 14.5 Å². The molecular weight excluding hydrogens is 318 g/mol. The van der Waals surface area contributed by atoms with Gasteiger partial charge in [0.1, 0.15) is 6.04 Å². The van der Waals surface area contributed by atoms with Gasteiger partial charge in [-0.1, -0.05) is 6.92 Å². The summed E-state index contributed by atoms with van der Waals surface area (Å²) in [7, 11) is -3.32. The van der Waals surface area contributed by atoms with Gasteiger partial charge in [-0.3, -0.25) is 9.69 Å². The van der Waals surface area contributed by atoms with E-state index in [4.69, 9.17) is 4.74 Å². The molecule has 8 heteroatoms. The van der Waals surface area contributed by atoms with Crippen molar-refractivity contribution >= 4 is 15.9 Å². The van der Waals surface area contributed by atoms with Gasteiger partial charge in [0.15, 0.2) is 0 Å². The van der Waals surface area contributed by atoms with Crippen LogP contribution < -0.4 is 5.32 Å². The minimum Gasteiger partial charge on any atom is -0.379 e. The first-order chi connectivity index (χ1) is 11.0. The number of nitrogens with zero attached hydrogens (tertiary/aromatic N) is 2. The van der Waals surface area contributed by atoms with E-state index in [1.165, 1.54) is 4.31 Å². The maximum Gasteiger partial charge on any atom is 0.238 e. The summed E-state index contributed by atoms with van der Waals surface area (Å²) in [4.78, 5) is 14.7. The summed E-state index contributed by atoms with van der Waals surface area (Å²) in [5.41, 5.74) is 0. The minimum absolute atomic E-state index is 0.112. The van der Waals surface area contributed by atoms with Crippen LogP contribution in [0.3, 0.4) is 0 Å². The zero-order valence-corrected chi connectivity index (χ0v) is 15.0. The van der Waals surface area contributed by atoms with Crippen LogP contribution in [0.15, 0.2) is 0 Å². The highest BCUT2D eigenvalue weighted by molar-refractivity contribution is 7.89. The number of rotatable bonds is 7. The number of hydrogen-bond acceptors (Lipinski definition) is 5. The zero-order chi connectivity index (χ0) is 16.9. The number of sulfonamides is 1. The zero-order valence-electron chi connectivity index (χ0n) is 14.2. The first kappa shape index (κ1) is 18.6. The summed E-state index contributed by atoms with van der Waals surface area (Å²) >= 11 is 0. The fourth-order valence-corrected chi connectivity index (χ4v) is 4.97. The van der Waals surface area contributed by atoms with Crippen LogP contribution in [0.5, 0.6) is 0 Å². The van der Waals surface area contributed by atoms with Gasteiger partial charge in [-0.15, -0.1) is 0 Å². The van der Waals surface area contributed by atoms with Gasteiger partial charge in [0.05, 0.1) is 19.0 Å². The summed E-state index contributed by atoms with van der Waals surface area (Å²) in [6.45, 7) is 8.11. The molecule has 2 saturated heterocycles. The fraction of sp³-hybridized carbons (Fsp3) is 0.933. The Morgan fingerprint density at radius 2 is 2.00 bits per heavy atom. The van der Waals surface area contributed by atoms with Crippen molar-refractivity contribution in [1.29, 1.82) is 0 Å². The van der Waals surface area contributed by atoms with Gasteiger partial charge < -0.3 is 10.1 Å². The molecule has 2 atom stereocenters. The third-order valence-corrected chi connectivity index (χ3v) is 6.64. The van der Waals surface area contributed by atoms with Gasteiger partial charge >= 0.3 is 0 Å². The molecule has 1 amide bonds. The van der Waals surface area contributed by atoms with E-state index in [0.29, 0.717) is 25.9 Å². The molecule has 2 unspecified atom stereocenters. The van der Waals surface area contributed by atoms with Crippen LogP contribution in [0.25, 0.3) is 0 Å². The molecule has 0 spiro atoms. The first-order valence-corrected chi connectivity index (χ1v) is 10.2. The molecular formula is C15H29N3O4S. The standard InChI is InChI=1S/C15H29N3O4S/c1-3-11-23(20,21)18-6-4-5-14(18)15(19)16-12-13(2)17-7-9-22-10-8-17/h13-14H,3-12H2,1-2H3,(H,16,19). The highest BCUT2D eigenvalue weighted by Gasteiger charge is 2.38. The molecule has 23 heavy (non-hydrogen) atoms. The first-order valence-electron chi connectivity index (χ1n) is 8.54. The van der Waals surface area contributed by atoms with E-state index in [1.807, 2.05) is 6.92 Å². The summed E-state index contributed by atoms with van der Waals surface area (Å²) in [5, 5.41) is 2.94. The highest BCUT2D eigenvalue weighted by atomic mass is 32.2. The second-order valence-corrected chi connectivity index (χ2v) is 8.37. The molecule has 0 bridgehead atoms. The van der Waals surface area contributed by atoms with Crippen LogP contribution in [0.2, 0.25) is 0 Å². The van der Waals surface area contributed by atoms with Crippen molar-refractivity contribution in [3.05, 3.63) is 0 Å². The number of ether oxygens (including phenoxy) is 1. The fourth-order valence-electron chi connectivity index (χ4n) is 3.22. The van der Waals surface area contributed by atoms with Crippen LogP contribution in [-0.4, -0.2) is 80.8 Å². The lowest BCUT2D eigenvalue weighted by Gasteiger charge is -2.32. The Balaban J connectivity index is 1.86. The number of hydrogen-bond donors (Lipinski definition) is 1. The predicted molar refractivity (Wildman–Crippen MR) is 88.7 cm³/mol. The van der Waals surface area contributed by atoms with Crippen molar-refractivity contribution in [2.24, 2.45) is 0 Å². The lowest BCUT2D eigenvalue weighted by molar-refractivity contribution is -0.124. The second kappa shape index (κ2) is 8.41. The molecule has 0 aromatic carbocycles. The molecule has 1 N–H and O–H groups in total. The highest BCUT2D eigenvalue weighted by Crippen LogP contribution is 2.22. The molecule has 134 valence electrons. The SMILES string of the molecule is CCCS(=O)(=O)N1CCCC1C(=O)NCC(C)N1CCOCC1. The molecule has 0 radical (unpaired) electrons. The van der Waals surface area contributed by atoms with Crippen LogP contribution in [0, 0.1) is 0 Å². The monoisotopic (exact) mass is 347 g/mol. The third kappa shape index (κ3) is 4.89. The normalized spacial score (nSPS) is 25.4. The number of carbonyl (C=O) groups is 1. The Kier molecular flexibility index (Phi) is 6.82. The van der Waals surface area contributed by atoms with E-state index >= 15 is 0 Å². The quantitative estimate of drug-likeness (QED) is 0.703. The molecule has 2 rings (SSSR count). The third-order valence-electron chi connectivity index (χ3n) is 4.57. The van der Waals surface area contributed by atoms with Crippen molar-refractivity contribution < 1.29 is 17.9 Å². The average molecular weight is 347 g/mol. The number of morpholine rings is 1. The van der Waals surface area contributed by atoms with Crippen LogP contribution in [0.1, 0.15) is 33.1 Å². The molecule has 7 nitrogen and oxygen atoms in total. The van der Waals surface area contributed by atoms with E-state index in [1.54, 1.807) is 0 Å². The van der Waals surface area contributed by atoms with Crippen molar-refractivity contribution in [3.63, 3.8) is 0 Å². The van der Waals surface area contributed by atoms with E-state index in [0.717, 1.165) is 32.7 Å². The van der Waals surface area contributed by atoms with E-state index < -0.39 is 16.1 Å². The number of nitrogens with one attached hydrogen (secondary N) is 1. The van der Waals surface area contributed by atoms with Gasteiger partial charge in [0.2, 0.25) is 15.9 Å². The summed E-state index contributed by atoms with van der Waals surface area (Å²) < 4.78 is 31.2. The van der Waals surface area contributed by atoms with Crippen molar-refractivity contribution in [2.75, 3.05) is 45.1 Å². The van der Waals surface area contributed by atoms with Crippen LogP contribution >= 0.6 is 0 Å². The molecule has 0 aromatic rings. The summed E-state index contributed by atoms with van der Waals surface area (Å²) in [6, 6.07) is -0.312. The van der Waals surface area contributed by atoms with E-state index in [9.17, 15) is 13.2 Å². The Hall–Kier alpha value is -0.700. The molecule has 2 aliphatic heterocycles. The maximum atomic E-state index is 12.4. The lowest BCUT2D eigenvalue weighted by Crippen LogP contribution is -2.51. The molecule has 0 aromatic heterocycles. The van der Waals surface area contributed by atoms with Crippen molar-refractivity contribution in [2.45, 2.75) is 45.2 Å². The Morgan fingerprint density at radius 1 is 1.30 bits per heavy atom. The average Bonchev–Trinajstić information content (AvgIpc) is 3.03. The smallest absolute Gasteiger partial charge is 0.238 e. The van der Waals surface area contributed by atoms with E-state index in [-0.39, 0.29) is 17.7 Å². The van der Waals surface area contributed by atoms with Crippen LogP contribution in [0.4, 0.5) is 0 Å². The predicted octanol–water partition coefficient (Wildman–Crippen LogP) is 0.0275. The Bertz CT molecular complexity index is 491. The lowest BCUT2D eigenvalue weighted by atomic mass is 10.2. The topological polar surface area (TPSA) is 79.0 Å². The summed E-state index contributed by atoms with van der Waals surface area (Å²) in [5.74, 6) is -0.0525. The minimum atomic E-state index is -3.32. The van der Waals surface area contributed by atoms with Crippen LogP contribution in [-0.2, 0) is 19.6 Å². The Labute approximate surface area is 139 Å². The molecule has 0 aliphatic carbocycles. The molecule has 2 heterocycles. The van der Waals surface area contributed by atoms with Gasteiger partial charge in [0, 0.05) is 32.2 Å². The van der Waals surface area contributed by atoms with Gasteiger partial charge in [-0.25, -0.2) is 8.42 Å². The maximum absolute atomic E-state index is 12.4. The molecule has 2 aliphatic rings. The van der Waals surface area contributed by atoms with E-state index in [2.05, 4.69) is 17.1 Å².